The fourth-order valence-electron chi connectivity index (χ4n) is 4.09. The second kappa shape index (κ2) is 9.58. The molecule has 1 saturated heterocycles. The van der Waals surface area contributed by atoms with Crippen molar-refractivity contribution in [1.82, 2.24) is 20.4 Å². The van der Waals surface area contributed by atoms with Crippen molar-refractivity contribution in [2.45, 2.75) is 38.4 Å². The van der Waals surface area contributed by atoms with E-state index in [9.17, 15) is 4.39 Å². The molecule has 4 rings (SSSR count). The van der Waals surface area contributed by atoms with Crippen molar-refractivity contribution in [2.75, 3.05) is 32.1 Å². The zero-order chi connectivity index (χ0) is 21.8. The lowest BCUT2D eigenvalue weighted by Crippen LogP contribution is -2.42. The number of nitrogens with one attached hydrogen (secondary N) is 1. The average molecular weight is 424 g/mol. The zero-order valence-corrected chi connectivity index (χ0v) is 18.4. The van der Waals surface area contributed by atoms with E-state index in [1.54, 1.807) is 12.1 Å². The summed E-state index contributed by atoms with van der Waals surface area (Å²) in [5.74, 6) is 0.561. The van der Waals surface area contributed by atoms with Crippen LogP contribution in [0.2, 0.25) is 0 Å². The van der Waals surface area contributed by atoms with Gasteiger partial charge in [0.15, 0.2) is 0 Å². The molecule has 3 aromatic rings. The van der Waals surface area contributed by atoms with E-state index >= 15 is 0 Å². The number of anilines is 1. The Morgan fingerprint density at radius 2 is 1.97 bits per heavy atom. The van der Waals surface area contributed by atoms with E-state index in [4.69, 9.17) is 4.52 Å². The number of aromatic nitrogens is 2. The van der Waals surface area contributed by atoms with Crippen LogP contribution in [0.3, 0.4) is 0 Å². The molecule has 1 N–H and O–H groups in total. The summed E-state index contributed by atoms with van der Waals surface area (Å²) in [5, 5.41) is 7.50. The van der Waals surface area contributed by atoms with Gasteiger partial charge in [0, 0.05) is 30.9 Å². The van der Waals surface area contributed by atoms with Crippen molar-refractivity contribution in [1.29, 1.82) is 0 Å². The maximum absolute atomic E-state index is 13.5. The Morgan fingerprint density at radius 3 is 2.74 bits per heavy atom. The minimum absolute atomic E-state index is 0.128. The van der Waals surface area contributed by atoms with E-state index in [0.29, 0.717) is 29.9 Å². The number of halogens is 1. The predicted molar refractivity (Wildman–Crippen MR) is 120 cm³/mol. The van der Waals surface area contributed by atoms with Crippen molar-refractivity contribution < 1.29 is 8.91 Å². The lowest BCUT2D eigenvalue weighted by Gasteiger charge is -2.37. The summed E-state index contributed by atoms with van der Waals surface area (Å²) >= 11 is 0. The monoisotopic (exact) mass is 423 g/mol. The van der Waals surface area contributed by atoms with E-state index in [2.05, 4.69) is 63.6 Å². The molecule has 0 amide bonds. The molecule has 1 aliphatic heterocycles. The lowest BCUT2D eigenvalue weighted by atomic mass is 10.0. The van der Waals surface area contributed by atoms with E-state index in [-0.39, 0.29) is 11.9 Å². The van der Waals surface area contributed by atoms with Gasteiger partial charge in [0.1, 0.15) is 5.82 Å². The highest BCUT2D eigenvalue weighted by Crippen LogP contribution is 2.26. The van der Waals surface area contributed by atoms with Crippen LogP contribution in [0.25, 0.3) is 11.4 Å². The van der Waals surface area contributed by atoms with Crippen LogP contribution in [-0.2, 0) is 6.54 Å². The number of likely N-dealkylation sites (tertiary alicyclic amines) is 1. The highest BCUT2D eigenvalue weighted by molar-refractivity contribution is 5.55. The van der Waals surface area contributed by atoms with Crippen molar-refractivity contribution in [3.63, 3.8) is 0 Å². The quantitative estimate of drug-likeness (QED) is 0.613. The number of para-hydroxylation sites is 1. The molecule has 0 saturated carbocycles. The molecule has 0 bridgehead atoms. The first-order valence-electron chi connectivity index (χ1n) is 10.8. The van der Waals surface area contributed by atoms with Crippen LogP contribution in [0.4, 0.5) is 10.1 Å². The normalized spacial score (nSPS) is 16.4. The summed E-state index contributed by atoms with van der Waals surface area (Å²) in [6.07, 6.45) is 2.35. The van der Waals surface area contributed by atoms with Crippen LogP contribution in [0.1, 0.15) is 37.3 Å². The largest absolute Gasteiger partial charge is 0.371 e. The second-order valence-corrected chi connectivity index (χ2v) is 8.34. The molecule has 2 aromatic carbocycles. The van der Waals surface area contributed by atoms with E-state index in [0.717, 1.165) is 13.1 Å². The first kappa shape index (κ1) is 21.5. The Balaban J connectivity index is 1.42. The molecule has 6 nitrogen and oxygen atoms in total. The Kier molecular flexibility index (Phi) is 6.63. The Hall–Kier alpha value is -2.77. The predicted octanol–water partition coefficient (Wildman–Crippen LogP) is 4.26. The Bertz CT molecular complexity index is 999. The average Bonchev–Trinajstić information content (AvgIpc) is 3.28. The van der Waals surface area contributed by atoms with Crippen LogP contribution >= 0.6 is 0 Å². The third-order valence-corrected chi connectivity index (χ3v) is 6.10. The molecule has 31 heavy (non-hydrogen) atoms. The second-order valence-electron chi connectivity index (χ2n) is 8.34. The molecule has 0 radical (unpaired) electrons. The summed E-state index contributed by atoms with van der Waals surface area (Å²) in [6, 6.07) is 15.2. The number of hydrogen-bond donors (Lipinski definition) is 1. The summed E-state index contributed by atoms with van der Waals surface area (Å²) in [7, 11) is 4.38. The van der Waals surface area contributed by atoms with Crippen molar-refractivity contribution in [2.24, 2.45) is 0 Å². The van der Waals surface area contributed by atoms with Gasteiger partial charge in [0.2, 0.25) is 11.7 Å². The van der Waals surface area contributed by atoms with Crippen molar-refractivity contribution >= 4 is 5.69 Å². The molecular weight excluding hydrogens is 393 g/mol. The molecule has 0 unspecified atom stereocenters. The van der Waals surface area contributed by atoms with Gasteiger partial charge in [0.25, 0.3) is 0 Å². The van der Waals surface area contributed by atoms with Crippen LogP contribution in [-0.4, -0.2) is 48.3 Å². The molecule has 2 heterocycles. The van der Waals surface area contributed by atoms with Crippen molar-refractivity contribution in [3.8, 4) is 11.4 Å². The van der Waals surface area contributed by atoms with Gasteiger partial charge in [0.05, 0.1) is 6.04 Å². The summed E-state index contributed by atoms with van der Waals surface area (Å²) in [4.78, 5) is 9.26. The van der Waals surface area contributed by atoms with Gasteiger partial charge in [-0.2, -0.15) is 4.98 Å². The number of piperidine rings is 1. The number of benzene rings is 2. The van der Waals surface area contributed by atoms with Crippen LogP contribution in [0.5, 0.6) is 0 Å². The Labute approximate surface area is 183 Å². The van der Waals surface area contributed by atoms with Gasteiger partial charge in [-0.15, -0.1) is 0 Å². The minimum atomic E-state index is -0.319. The van der Waals surface area contributed by atoms with E-state index in [1.165, 1.54) is 36.2 Å². The summed E-state index contributed by atoms with van der Waals surface area (Å²) in [6.45, 7) is 4.95. The Morgan fingerprint density at radius 1 is 1.19 bits per heavy atom. The third-order valence-electron chi connectivity index (χ3n) is 6.10. The standard InChI is InChI=1S/C24H30FN5O/c1-17(24-27-23(28-31-24)18-8-6-9-20(25)15-18)26-16-19-7-4-5-10-22(19)30(3)21-11-13-29(2)14-12-21/h4-10,15,17,21,26H,11-14,16H2,1-3H3/t17-/m0/s1. The van der Waals surface area contributed by atoms with Gasteiger partial charge in [-0.05, 0) is 63.7 Å². The topological polar surface area (TPSA) is 57.4 Å². The highest BCUT2D eigenvalue weighted by atomic mass is 19.1. The van der Waals surface area contributed by atoms with Gasteiger partial charge < -0.3 is 19.6 Å². The maximum atomic E-state index is 13.5. The van der Waals surface area contributed by atoms with Crippen LogP contribution < -0.4 is 10.2 Å². The van der Waals surface area contributed by atoms with Crippen molar-refractivity contribution in [3.05, 3.63) is 65.8 Å². The molecule has 1 atom stereocenters. The molecular formula is C24H30FN5O. The molecule has 0 spiro atoms. The zero-order valence-electron chi connectivity index (χ0n) is 18.4. The molecule has 0 aliphatic carbocycles. The van der Waals surface area contributed by atoms with Gasteiger partial charge >= 0.3 is 0 Å². The smallest absolute Gasteiger partial charge is 0.243 e. The molecule has 1 fully saturated rings. The first-order valence-corrected chi connectivity index (χ1v) is 10.8. The highest BCUT2D eigenvalue weighted by Gasteiger charge is 2.22. The maximum Gasteiger partial charge on any atom is 0.243 e. The van der Waals surface area contributed by atoms with Gasteiger partial charge in [-0.1, -0.05) is 35.5 Å². The van der Waals surface area contributed by atoms with E-state index in [1.807, 2.05) is 6.92 Å². The molecule has 1 aliphatic rings. The fraction of sp³-hybridized carbons (Fsp3) is 0.417. The number of hydrogen-bond acceptors (Lipinski definition) is 6. The first-order chi connectivity index (χ1) is 15.0. The summed E-state index contributed by atoms with van der Waals surface area (Å²) < 4.78 is 18.9. The number of nitrogens with zero attached hydrogens (tertiary/aromatic N) is 4. The molecule has 1 aromatic heterocycles. The van der Waals surface area contributed by atoms with Gasteiger partial charge in [-0.25, -0.2) is 4.39 Å². The minimum Gasteiger partial charge on any atom is -0.371 e. The lowest BCUT2D eigenvalue weighted by molar-refractivity contribution is 0.252. The number of rotatable bonds is 7. The molecule has 164 valence electrons. The third kappa shape index (κ3) is 5.11. The molecule has 7 heteroatoms. The fourth-order valence-corrected chi connectivity index (χ4v) is 4.09. The van der Waals surface area contributed by atoms with Gasteiger partial charge in [-0.3, -0.25) is 0 Å². The summed E-state index contributed by atoms with van der Waals surface area (Å²) in [5.41, 5.74) is 3.09. The SMILES string of the molecule is C[C@H](NCc1ccccc1N(C)C1CCN(C)CC1)c1nc(-c2cccc(F)c2)no1. The van der Waals surface area contributed by atoms with E-state index < -0.39 is 0 Å². The van der Waals surface area contributed by atoms with Crippen LogP contribution in [0.15, 0.2) is 53.1 Å². The van der Waals surface area contributed by atoms with Crippen LogP contribution in [0, 0.1) is 5.82 Å².